The fourth-order valence-corrected chi connectivity index (χ4v) is 4.40. The van der Waals surface area contributed by atoms with E-state index in [1.165, 1.54) is 18.2 Å². The molecule has 0 aliphatic heterocycles. The maximum Gasteiger partial charge on any atom is 0.338 e. The summed E-state index contributed by atoms with van der Waals surface area (Å²) in [5, 5.41) is 12.6. The Morgan fingerprint density at radius 2 is 1.67 bits per heavy atom. The highest BCUT2D eigenvalue weighted by Crippen LogP contribution is 2.38. The van der Waals surface area contributed by atoms with Gasteiger partial charge in [0.15, 0.2) is 0 Å². The number of rotatable bonds is 8. The molecule has 0 radical (unpaired) electrons. The largest absolute Gasteiger partial charge is 0.478 e. The molecule has 1 aromatic heterocycles. The number of aromatic carboxylic acids is 1. The van der Waals surface area contributed by atoms with Gasteiger partial charge in [-0.25, -0.2) is 13.6 Å². The monoisotopic (exact) mass is 506 g/mol. The van der Waals surface area contributed by atoms with Gasteiger partial charge < -0.3 is 5.11 Å². The Balaban J connectivity index is 1.72. The molecule has 4 aromatic rings. The van der Waals surface area contributed by atoms with Gasteiger partial charge in [-0.15, -0.1) is 0 Å². The van der Waals surface area contributed by atoms with Gasteiger partial charge >= 0.3 is 5.97 Å². The summed E-state index contributed by atoms with van der Waals surface area (Å²) in [6.45, 7) is 1.81. The third-order valence-corrected chi connectivity index (χ3v) is 6.31. The van der Waals surface area contributed by atoms with Crippen molar-refractivity contribution < 1.29 is 18.7 Å². The molecule has 0 aliphatic rings. The van der Waals surface area contributed by atoms with Gasteiger partial charge in [0.25, 0.3) is 0 Å². The molecule has 0 aliphatic carbocycles. The van der Waals surface area contributed by atoms with Gasteiger partial charge in [-0.1, -0.05) is 53.2 Å². The predicted octanol–water partition coefficient (Wildman–Crippen LogP) is 7.72. The average molecular weight is 507 g/mol. The third-order valence-electron chi connectivity index (χ3n) is 6.08. The zero-order valence-electron chi connectivity index (χ0n) is 19.2. The van der Waals surface area contributed by atoms with Crippen LogP contribution >= 0.6 is 11.6 Å². The number of carbonyl (C=O) groups is 1. The molecule has 0 fully saturated rings. The first-order chi connectivity index (χ1) is 17.3. The molecule has 0 bridgehead atoms. The molecule has 5 nitrogen and oxygen atoms in total. The number of carboxylic acids is 1. The number of nitrogens with zero attached hydrogens (tertiary/aromatic N) is 2. The van der Waals surface area contributed by atoms with Crippen LogP contribution in [0.3, 0.4) is 0 Å². The van der Waals surface area contributed by atoms with Crippen molar-refractivity contribution in [1.29, 1.82) is 0 Å². The van der Waals surface area contributed by atoms with E-state index in [0.717, 1.165) is 17.3 Å². The predicted molar refractivity (Wildman–Crippen MR) is 134 cm³/mol. The van der Waals surface area contributed by atoms with E-state index < -0.39 is 35.1 Å². The van der Waals surface area contributed by atoms with Crippen LogP contribution in [-0.4, -0.2) is 16.1 Å². The lowest BCUT2D eigenvalue weighted by atomic mass is 9.83. The van der Waals surface area contributed by atoms with Crippen LogP contribution in [0.4, 0.5) is 8.78 Å². The van der Waals surface area contributed by atoms with Crippen molar-refractivity contribution in [3.8, 4) is 11.1 Å². The first-order valence-corrected chi connectivity index (χ1v) is 11.5. The summed E-state index contributed by atoms with van der Waals surface area (Å²) < 4.78 is 29.2. The van der Waals surface area contributed by atoms with Gasteiger partial charge in [0.2, 0.25) is 0 Å². The molecule has 2 atom stereocenters. The SMILES string of the molecule is Cc1cc(C(C[C@H](c2ccc(-c3ccc(C(=O)O)c(F)c3)cc2)c2ccc(Cl)cc2F)N=O)ccn1. The molecule has 1 heterocycles. The maximum absolute atomic E-state index is 15.0. The Morgan fingerprint density at radius 3 is 2.28 bits per heavy atom. The number of hydrogen-bond donors (Lipinski definition) is 1. The molecule has 4 rings (SSSR count). The summed E-state index contributed by atoms with van der Waals surface area (Å²) in [6, 6.07) is 18.1. The van der Waals surface area contributed by atoms with E-state index in [-0.39, 0.29) is 11.4 Å². The van der Waals surface area contributed by atoms with Crippen LogP contribution in [0.5, 0.6) is 0 Å². The Hall–Kier alpha value is -3.97. The third kappa shape index (κ3) is 5.47. The highest BCUT2D eigenvalue weighted by molar-refractivity contribution is 6.30. The van der Waals surface area contributed by atoms with Crippen LogP contribution in [0.15, 0.2) is 84.2 Å². The van der Waals surface area contributed by atoms with Crippen LogP contribution in [0.2, 0.25) is 5.02 Å². The van der Waals surface area contributed by atoms with Gasteiger partial charge in [0, 0.05) is 22.8 Å². The van der Waals surface area contributed by atoms with E-state index in [1.54, 1.807) is 54.7 Å². The minimum atomic E-state index is -1.34. The van der Waals surface area contributed by atoms with Crippen LogP contribution in [-0.2, 0) is 0 Å². The van der Waals surface area contributed by atoms with E-state index in [1.807, 2.05) is 6.92 Å². The number of aromatic nitrogens is 1. The molecule has 1 unspecified atom stereocenters. The van der Waals surface area contributed by atoms with Crippen molar-refractivity contribution in [1.82, 2.24) is 4.98 Å². The summed E-state index contributed by atoms with van der Waals surface area (Å²) in [4.78, 5) is 27.1. The molecule has 0 saturated heterocycles. The average Bonchev–Trinajstić information content (AvgIpc) is 2.85. The van der Waals surface area contributed by atoms with E-state index in [9.17, 15) is 14.1 Å². The number of nitroso groups, excluding NO2 is 1. The second-order valence-corrected chi connectivity index (χ2v) is 8.86. The Bertz CT molecular complexity index is 1430. The molecule has 1 N–H and O–H groups in total. The van der Waals surface area contributed by atoms with Crippen LogP contribution in [0, 0.1) is 23.5 Å². The smallest absolute Gasteiger partial charge is 0.338 e. The van der Waals surface area contributed by atoms with E-state index in [0.29, 0.717) is 22.3 Å². The van der Waals surface area contributed by atoms with Crippen molar-refractivity contribution in [3.05, 3.63) is 129 Å². The van der Waals surface area contributed by atoms with Gasteiger partial charge in [-0.3, -0.25) is 4.98 Å². The van der Waals surface area contributed by atoms with Crippen molar-refractivity contribution in [2.75, 3.05) is 0 Å². The zero-order valence-corrected chi connectivity index (χ0v) is 19.9. The molecule has 0 amide bonds. The van der Waals surface area contributed by atoms with E-state index in [2.05, 4.69) is 10.2 Å². The summed E-state index contributed by atoms with van der Waals surface area (Å²) in [5.41, 5.74) is 3.25. The molecule has 0 spiro atoms. The summed E-state index contributed by atoms with van der Waals surface area (Å²) in [6.07, 6.45) is 1.80. The number of carboxylic acid groups (broad SMARTS) is 1. The second-order valence-electron chi connectivity index (χ2n) is 8.43. The fourth-order valence-electron chi connectivity index (χ4n) is 4.24. The van der Waals surface area contributed by atoms with Crippen molar-refractivity contribution in [2.24, 2.45) is 5.18 Å². The molecule has 8 heteroatoms. The molecule has 0 saturated carbocycles. The molecule has 3 aromatic carbocycles. The quantitative estimate of drug-likeness (QED) is 0.248. The van der Waals surface area contributed by atoms with Gasteiger partial charge in [-0.2, -0.15) is 4.91 Å². The lowest BCUT2D eigenvalue weighted by molar-refractivity contribution is 0.0692. The normalized spacial score (nSPS) is 12.7. The summed E-state index contributed by atoms with van der Waals surface area (Å²) >= 11 is 5.96. The first kappa shape index (κ1) is 25.1. The van der Waals surface area contributed by atoms with Crippen molar-refractivity contribution in [2.45, 2.75) is 25.3 Å². The lowest BCUT2D eigenvalue weighted by Crippen LogP contribution is -2.09. The van der Waals surface area contributed by atoms with Gasteiger partial charge in [-0.05, 0) is 77.6 Å². The number of benzene rings is 3. The van der Waals surface area contributed by atoms with Crippen molar-refractivity contribution >= 4 is 17.6 Å². The summed E-state index contributed by atoms with van der Waals surface area (Å²) in [5.74, 6) is -3.21. The van der Waals surface area contributed by atoms with Gasteiger partial charge in [0.05, 0.1) is 5.56 Å². The zero-order chi connectivity index (χ0) is 25.8. The summed E-state index contributed by atoms with van der Waals surface area (Å²) in [7, 11) is 0. The minimum Gasteiger partial charge on any atom is -0.478 e. The lowest BCUT2D eigenvalue weighted by Gasteiger charge is -2.22. The Kier molecular flexibility index (Phi) is 7.50. The number of pyridine rings is 1. The van der Waals surface area contributed by atoms with E-state index in [4.69, 9.17) is 16.7 Å². The molecular formula is C28H21ClF2N2O3. The standard InChI is InChI=1S/C28H21ClF2N2O3/c1-16-12-20(10-11-32-16)27(33-36)15-24(22-9-7-21(29)14-26(22)31)18-4-2-17(3-5-18)19-6-8-23(28(34)35)25(30)13-19/h2-14,24,27H,15H2,1H3,(H,34,35)/t24-,27?/m1/s1. The maximum atomic E-state index is 15.0. The number of hydrogen-bond acceptors (Lipinski definition) is 4. The first-order valence-electron chi connectivity index (χ1n) is 11.1. The van der Waals surface area contributed by atoms with Crippen LogP contribution < -0.4 is 0 Å². The van der Waals surface area contributed by atoms with Crippen LogP contribution in [0.1, 0.15) is 51.1 Å². The van der Waals surface area contributed by atoms with Crippen molar-refractivity contribution in [3.63, 3.8) is 0 Å². The fraction of sp³-hybridized carbons (Fsp3) is 0.143. The number of aryl methyl sites for hydroxylation is 1. The highest BCUT2D eigenvalue weighted by Gasteiger charge is 2.25. The molecule has 36 heavy (non-hydrogen) atoms. The van der Waals surface area contributed by atoms with Gasteiger partial charge in [0.1, 0.15) is 17.7 Å². The topological polar surface area (TPSA) is 79.6 Å². The van der Waals surface area contributed by atoms with Crippen LogP contribution in [0.25, 0.3) is 11.1 Å². The second kappa shape index (κ2) is 10.7. The highest BCUT2D eigenvalue weighted by atomic mass is 35.5. The molecular weight excluding hydrogens is 486 g/mol. The Labute approximate surface area is 211 Å². The molecule has 182 valence electrons. The van der Waals surface area contributed by atoms with E-state index >= 15 is 4.39 Å². The number of halogens is 3. The Morgan fingerprint density at radius 1 is 0.944 bits per heavy atom. The minimum absolute atomic E-state index is 0.201.